The minimum atomic E-state index is -0.183. The van der Waals surface area contributed by atoms with Crippen LogP contribution in [-0.2, 0) is 9.53 Å². The van der Waals surface area contributed by atoms with E-state index >= 15 is 0 Å². The van der Waals surface area contributed by atoms with Gasteiger partial charge in [0.1, 0.15) is 0 Å². The predicted octanol–water partition coefficient (Wildman–Crippen LogP) is 1.65. The van der Waals surface area contributed by atoms with E-state index in [9.17, 15) is 4.79 Å². The van der Waals surface area contributed by atoms with Gasteiger partial charge in [-0.05, 0) is 32.7 Å². The SMILES string of the molecule is CCC(C)N(CCOC)C(=O)C1(CC)CCNC1. The van der Waals surface area contributed by atoms with Crippen molar-refractivity contribution in [2.75, 3.05) is 33.4 Å². The zero-order valence-electron chi connectivity index (χ0n) is 12.3. The molecule has 106 valence electrons. The van der Waals surface area contributed by atoms with Gasteiger partial charge in [0.15, 0.2) is 0 Å². The number of rotatable bonds is 7. The second kappa shape index (κ2) is 7.10. The Labute approximate surface area is 111 Å². The maximum atomic E-state index is 12.8. The van der Waals surface area contributed by atoms with E-state index in [1.165, 1.54) is 0 Å². The number of amides is 1. The second-order valence-electron chi connectivity index (χ2n) is 5.31. The number of methoxy groups -OCH3 is 1. The first-order chi connectivity index (χ1) is 8.61. The van der Waals surface area contributed by atoms with Gasteiger partial charge in [-0.15, -0.1) is 0 Å². The second-order valence-corrected chi connectivity index (χ2v) is 5.31. The van der Waals surface area contributed by atoms with E-state index in [2.05, 4.69) is 26.1 Å². The van der Waals surface area contributed by atoms with Gasteiger partial charge in [-0.25, -0.2) is 0 Å². The van der Waals surface area contributed by atoms with E-state index in [-0.39, 0.29) is 11.5 Å². The first-order valence-corrected chi connectivity index (χ1v) is 7.12. The van der Waals surface area contributed by atoms with Gasteiger partial charge in [0.25, 0.3) is 0 Å². The summed E-state index contributed by atoms with van der Waals surface area (Å²) in [5.74, 6) is 0.307. The standard InChI is InChI=1S/C14H28N2O2/c1-5-12(3)16(9-10-18-4)13(17)14(6-2)7-8-15-11-14/h12,15H,5-11H2,1-4H3. The molecule has 0 aromatic heterocycles. The van der Waals surface area contributed by atoms with Gasteiger partial charge < -0.3 is 15.0 Å². The molecule has 2 atom stereocenters. The lowest BCUT2D eigenvalue weighted by atomic mass is 9.82. The van der Waals surface area contributed by atoms with Crippen LogP contribution in [0.5, 0.6) is 0 Å². The lowest BCUT2D eigenvalue weighted by Gasteiger charge is -2.36. The van der Waals surface area contributed by atoms with Crippen LogP contribution in [0.2, 0.25) is 0 Å². The monoisotopic (exact) mass is 256 g/mol. The largest absolute Gasteiger partial charge is 0.383 e. The summed E-state index contributed by atoms with van der Waals surface area (Å²) in [5.41, 5.74) is -0.183. The Morgan fingerprint density at radius 1 is 1.50 bits per heavy atom. The third kappa shape index (κ3) is 3.23. The molecule has 0 aliphatic carbocycles. The molecule has 1 amide bonds. The third-order valence-corrected chi connectivity index (χ3v) is 4.29. The van der Waals surface area contributed by atoms with Crippen molar-refractivity contribution in [2.24, 2.45) is 5.41 Å². The fraction of sp³-hybridized carbons (Fsp3) is 0.929. The average molecular weight is 256 g/mol. The van der Waals surface area contributed by atoms with Gasteiger partial charge in [-0.3, -0.25) is 4.79 Å². The number of nitrogens with one attached hydrogen (secondary N) is 1. The Bertz CT molecular complexity index is 263. The highest BCUT2D eigenvalue weighted by Crippen LogP contribution is 2.32. The maximum Gasteiger partial charge on any atom is 0.230 e. The van der Waals surface area contributed by atoms with E-state index in [0.29, 0.717) is 19.1 Å². The molecular weight excluding hydrogens is 228 g/mol. The van der Waals surface area contributed by atoms with E-state index in [4.69, 9.17) is 4.74 Å². The fourth-order valence-corrected chi connectivity index (χ4v) is 2.62. The van der Waals surface area contributed by atoms with Crippen LogP contribution in [0.15, 0.2) is 0 Å². The van der Waals surface area contributed by atoms with Crippen molar-refractivity contribution >= 4 is 5.91 Å². The molecule has 1 aliphatic heterocycles. The summed E-state index contributed by atoms with van der Waals surface area (Å²) in [6.45, 7) is 9.47. The Balaban J connectivity index is 2.79. The van der Waals surface area contributed by atoms with Crippen LogP contribution in [0, 0.1) is 5.41 Å². The lowest BCUT2D eigenvalue weighted by Crippen LogP contribution is -2.49. The van der Waals surface area contributed by atoms with E-state index in [1.54, 1.807) is 7.11 Å². The summed E-state index contributed by atoms with van der Waals surface area (Å²) in [4.78, 5) is 14.8. The summed E-state index contributed by atoms with van der Waals surface area (Å²) >= 11 is 0. The molecule has 1 fully saturated rings. The highest BCUT2D eigenvalue weighted by Gasteiger charge is 2.42. The molecule has 0 radical (unpaired) electrons. The van der Waals surface area contributed by atoms with Crippen molar-refractivity contribution in [1.29, 1.82) is 0 Å². The van der Waals surface area contributed by atoms with Crippen LogP contribution in [0.4, 0.5) is 0 Å². The quantitative estimate of drug-likeness (QED) is 0.753. The van der Waals surface area contributed by atoms with Crippen LogP contribution < -0.4 is 5.32 Å². The molecular formula is C14H28N2O2. The first kappa shape index (κ1) is 15.4. The Morgan fingerprint density at radius 2 is 2.22 bits per heavy atom. The van der Waals surface area contributed by atoms with Gasteiger partial charge in [-0.1, -0.05) is 13.8 Å². The van der Waals surface area contributed by atoms with Crippen LogP contribution in [0.3, 0.4) is 0 Å². The average Bonchev–Trinajstić information content (AvgIpc) is 2.88. The summed E-state index contributed by atoms with van der Waals surface area (Å²) < 4.78 is 5.14. The molecule has 1 aliphatic rings. The highest BCUT2D eigenvalue weighted by atomic mass is 16.5. The van der Waals surface area contributed by atoms with Gasteiger partial charge in [0.2, 0.25) is 5.91 Å². The smallest absolute Gasteiger partial charge is 0.230 e. The van der Waals surface area contributed by atoms with Crippen molar-refractivity contribution in [1.82, 2.24) is 10.2 Å². The van der Waals surface area contributed by atoms with E-state index < -0.39 is 0 Å². The highest BCUT2D eigenvalue weighted by molar-refractivity contribution is 5.83. The number of hydrogen-bond donors (Lipinski definition) is 1. The summed E-state index contributed by atoms with van der Waals surface area (Å²) in [6.07, 6.45) is 2.86. The summed E-state index contributed by atoms with van der Waals surface area (Å²) in [6, 6.07) is 0.289. The Kier molecular flexibility index (Phi) is 6.09. The molecule has 4 nitrogen and oxygen atoms in total. The normalized spacial score (nSPS) is 25.1. The fourth-order valence-electron chi connectivity index (χ4n) is 2.62. The molecule has 0 spiro atoms. The van der Waals surface area contributed by atoms with E-state index in [0.717, 1.165) is 32.4 Å². The van der Waals surface area contributed by atoms with Crippen LogP contribution >= 0.6 is 0 Å². The van der Waals surface area contributed by atoms with Crippen molar-refractivity contribution in [3.63, 3.8) is 0 Å². The third-order valence-electron chi connectivity index (χ3n) is 4.29. The Hall–Kier alpha value is -0.610. The molecule has 1 heterocycles. The summed E-state index contributed by atoms with van der Waals surface area (Å²) in [7, 11) is 1.69. The van der Waals surface area contributed by atoms with Gasteiger partial charge in [0.05, 0.1) is 12.0 Å². The molecule has 0 aromatic carbocycles. The summed E-state index contributed by atoms with van der Waals surface area (Å²) in [5, 5.41) is 3.33. The maximum absolute atomic E-state index is 12.8. The molecule has 1 rings (SSSR count). The predicted molar refractivity (Wildman–Crippen MR) is 73.6 cm³/mol. The van der Waals surface area contributed by atoms with Crippen molar-refractivity contribution in [3.05, 3.63) is 0 Å². The zero-order chi connectivity index (χ0) is 13.6. The minimum absolute atomic E-state index is 0.183. The van der Waals surface area contributed by atoms with Crippen LogP contribution in [-0.4, -0.2) is 50.2 Å². The van der Waals surface area contributed by atoms with Gasteiger partial charge in [0, 0.05) is 26.2 Å². The number of ether oxygens (including phenoxy) is 1. The van der Waals surface area contributed by atoms with E-state index in [1.807, 2.05) is 4.90 Å². The molecule has 1 N–H and O–H groups in total. The molecule has 0 saturated carbocycles. The lowest BCUT2D eigenvalue weighted by molar-refractivity contribution is -0.144. The number of nitrogens with zero attached hydrogens (tertiary/aromatic N) is 1. The van der Waals surface area contributed by atoms with Crippen LogP contribution in [0.25, 0.3) is 0 Å². The van der Waals surface area contributed by atoms with Gasteiger partial charge in [-0.2, -0.15) is 0 Å². The van der Waals surface area contributed by atoms with Gasteiger partial charge >= 0.3 is 0 Å². The molecule has 0 aromatic rings. The Morgan fingerprint density at radius 3 is 2.67 bits per heavy atom. The van der Waals surface area contributed by atoms with Crippen molar-refractivity contribution < 1.29 is 9.53 Å². The zero-order valence-corrected chi connectivity index (χ0v) is 12.3. The molecule has 4 heteroatoms. The van der Waals surface area contributed by atoms with Crippen molar-refractivity contribution in [3.8, 4) is 0 Å². The number of hydrogen-bond acceptors (Lipinski definition) is 3. The van der Waals surface area contributed by atoms with Crippen molar-refractivity contribution in [2.45, 2.75) is 46.1 Å². The molecule has 1 saturated heterocycles. The number of carbonyl (C=O) groups is 1. The first-order valence-electron chi connectivity index (χ1n) is 7.12. The number of carbonyl (C=O) groups excluding carboxylic acids is 1. The molecule has 0 bridgehead atoms. The van der Waals surface area contributed by atoms with Crippen LogP contribution in [0.1, 0.15) is 40.0 Å². The molecule has 2 unspecified atom stereocenters. The molecule has 18 heavy (non-hydrogen) atoms. The topological polar surface area (TPSA) is 41.6 Å². The minimum Gasteiger partial charge on any atom is -0.383 e.